The molecule has 0 spiro atoms. The maximum Gasteiger partial charge on any atom is 0.206 e. The summed E-state index contributed by atoms with van der Waals surface area (Å²) in [4.78, 5) is 4.76. The SMILES string of the molecule is C/C=C/C=C\C=C/N=C(/C=C/C=C/C=C\C=C/N)c1ccc(-n2c3ccccc3c3cc(C(/C=c4\c(=C\O)n(-c5ccccc5)c5c(O)c(O)c(O)c(O)c45)=C(/C)O)ccc32)cc1. The van der Waals surface area contributed by atoms with Gasteiger partial charge in [-0.15, -0.1) is 0 Å². The van der Waals surface area contributed by atoms with Crippen molar-refractivity contribution in [1.29, 1.82) is 0 Å². The molecule has 0 fully saturated rings. The fraction of sp³-hybridized carbons (Fsp3) is 0.0377. The number of allylic oxidation sites excluding steroid dienone is 14. The minimum atomic E-state index is -0.930. The highest BCUT2D eigenvalue weighted by atomic mass is 16.3. The molecule has 0 atom stereocenters. The molecule has 5 aromatic carbocycles. The highest BCUT2D eigenvalue weighted by Crippen LogP contribution is 2.48. The van der Waals surface area contributed by atoms with Gasteiger partial charge in [-0.1, -0.05) is 109 Å². The first-order chi connectivity index (χ1) is 30.7. The number of phenols is 4. The van der Waals surface area contributed by atoms with Crippen LogP contribution in [0.15, 0.2) is 193 Å². The van der Waals surface area contributed by atoms with E-state index in [1.54, 1.807) is 48.7 Å². The van der Waals surface area contributed by atoms with Crippen molar-refractivity contribution in [3.63, 3.8) is 0 Å². The van der Waals surface area contributed by atoms with Crippen molar-refractivity contribution in [3.8, 4) is 34.4 Å². The number of phenolic OH excluding ortho intramolecular Hbond substituents is 4. The zero-order valence-corrected chi connectivity index (χ0v) is 34.6. The van der Waals surface area contributed by atoms with Gasteiger partial charge in [0, 0.05) is 44.7 Å². The first-order valence-electron chi connectivity index (χ1n) is 20.1. The van der Waals surface area contributed by atoms with E-state index in [0.717, 1.165) is 45.0 Å². The topological polar surface area (TPSA) is 170 Å². The molecule has 0 amide bonds. The highest BCUT2D eigenvalue weighted by Gasteiger charge is 2.25. The van der Waals surface area contributed by atoms with Crippen molar-refractivity contribution in [2.45, 2.75) is 13.8 Å². The molecule has 0 aliphatic rings. The number of nitrogens with two attached hydrogens (primary N) is 1. The average molecular weight is 835 g/mol. The quantitative estimate of drug-likeness (QED) is 0.0211. The molecule has 0 saturated carbocycles. The van der Waals surface area contributed by atoms with Gasteiger partial charge in [0.2, 0.25) is 11.5 Å². The average Bonchev–Trinajstić information content (AvgIpc) is 3.82. The van der Waals surface area contributed by atoms with Crippen LogP contribution in [0.1, 0.15) is 25.0 Å². The number of aliphatic imine (C=N–C) groups is 1. The third-order valence-corrected chi connectivity index (χ3v) is 10.3. The Morgan fingerprint density at radius 1 is 0.619 bits per heavy atom. The molecule has 0 unspecified atom stereocenters. The number of aromatic nitrogens is 2. The molecule has 0 saturated heterocycles. The predicted molar refractivity (Wildman–Crippen MR) is 257 cm³/mol. The molecule has 0 aliphatic carbocycles. The van der Waals surface area contributed by atoms with E-state index >= 15 is 0 Å². The molecule has 10 heteroatoms. The summed E-state index contributed by atoms with van der Waals surface area (Å²) in [5, 5.41) is 67.8. The fourth-order valence-electron chi connectivity index (χ4n) is 7.48. The number of fused-ring (bicyclic) bond motifs is 4. The summed E-state index contributed by atoms with van der Waals surface area (Å²) in [5.41, 5.74) is 11.2. The van der Waals surface area contributed by atoms with Gasteiger partial charge in [0.05, 0.1) is 33.2 Å². The third kappa shape index (κ3) is 8.55. The van der Waals surface area contributed by atoms with Gasteiger partial charge in [-0.2, -0.15) is 0 Å². The number of benzene rings is 5. The third-order valence-electron chi connectivity index (χ3n) is 10.3. The highest BCUT2D eigenvalue weighted by molar-refractivity contribution is 6.12. The number of nitrogens with zero attached hydrogens (tertiary/aromatic N) is 3. The Morgan fingerprint density at radius 2 is 1.24 bits per heavy atom. The maximum absolute atomic E-state index is 11.3. The second kappa shape index (κ2) is 19.2. The summed E-state index contributed by atoms with van der Waals surface area (Å²) >= 11 is 0. The molecule has 8 N–H and O–H groups in total. The summed E-state index contributed by atoms with van der Waals surface area (Å²) in [6, 6.07) is 30.8. The Balaban J connectivity index is 1.35. The summed E-state index contributed by atoms with van der Waals surface area (Å²) < 4.78 is 3.62. The van der Waals surface area contributed by atoms with Crippen LogP contribution < -0.4 is 16.3 Å². The van der Waals surface area contributed by atoms with Gasteiger partial charge in [-0.25, -0.2) is 0 Å². The number of para-hydroxylation sites is 2. The fourth-order valence-corrected chi connectivity index (χ4v) is 7.48. The predicted octanol–water partition coefficient (Wildman–Crippen LogP) is 10.2. The van der Waals surface area contributed by atoms with E-state index in [9.17, 15) is 30.6 Å². The second-order valence-electron chi connectivity index (χ2n) is 14.3. The van der Waals surface area contributed by atoms with Gasteiger partial charge in [-0.05, 0) is 92.4 Å². The van der Waals surface area contributed by atoms with E-state index in [2.05, 4.69) is 4.57 Å². The van der Waals surface area contributed by atoms with E-state index < -0.39 is 23.0 Å². The largest absolute Gasteiger partial charge is 0.513 e. The van der Waals surface area contributed by atoms with Crippen molar-refractivity contribution < 1.29 is 30.6 Å². The second-order valence-corrected chi connectivity index (χ2v) is 14.3. The molecule has 63 heavy (non-hydrogen) atoms. The Kier molecular flexibility index (Phi) is 12.9. The van der Waals surface area contributed by atoms with E-state index in [1.165, 1.54) is 17.7 Å². The molecule has 10 nitrogen and oxygen atoms in total. The van der Waals surface area contributed by atoms with Crippen molar-refractivity contribution in [2.24, 2.45) is 10.7 Å². The number of aliphatic hydroxyl groups excluding tert-OH is 2. The van der Waals surface area contributed by atoms with Crippen molar-refractivity contribution in [2.75, 3.05) is 0 Å². The van der Waals surface area contributed by atoms with Gasteiger partial charge in [0.25, 0.3) is 0 Å². The van der Waals surface area contributed by atoms with Crippen LogP contribution in [0, 0.1) is 0 Å². The van der Waals surface area contributed by atoms with E-state index in [-0.39, 0.29) is 27.2 Å². The monoisotopic (exact) mass is 834 g/mol. The molecule has 7 rings (SSSR count). The van der Waals surface area contributed by atoms with E-state index in [4.69, 9.17) is 10.7 Å². The summed E-state index contributed by atoms with van der Waals surface area (Å²) in [7, 11) is 0. The summed E-state index contributed by atoms with van der Waals surface area (Å²) in [5.74, 6) is -3.34. The van der Waals surface area contributed by atoms with Gasteiger partial charge in [0.15, 0.2) is 11.5 Å². The molecule has 0 bridgehead atoms. The minimum Gasteiger partial charge on any atom is -0.513 e. The molecule has 0 aliphatic heterocycles. The Hall–Kier alpha value is -8.63. The Bertz CT molecular complexity index is 3240. The minimum absolute atomic E-state index is 0.0580. The smallest absolute Gasteiger partial charge is 0.206 e. The summed E-state index contributed by atoms with van der Waals surface area (Å²) in [6.07, 6.45) is 28.4. The standard InChI is InChI=1S/C53H46N4O6/c1-3-4-5-10-18-31-55-44(22-14-8-6-7-9-17-30-54)36-24-27-39(28-25-36)56-45-23-16-15-21-40(45)42-32-37(26-29-46(42)56)41(35(2)59)33-43-47(34-58)57(38-19-12-11-13-20-38)49-48(43)50(60)52(62)53(63)51(49)61/h3-34,58-63H,54H2,1-2H3/b4-3+,8-6+,9-7-,10-5-,22-14+,30-17-,31-18-,41-35-,43-33+,47-34-,55-44-. The molecule has 2 aromatic heterocycles. The molecule has 0 radical (unpaired) electrons. The normalized spacial score (nSPS) is 14.1. The van der Waals surface area contributed by atoms with Gasteiger partial charge < -0.3 is 45.5 Å². The molecule has 7 aromatic rings. The maximum atomic E-state index is 11.3. The van der Waals surface area contributed by atoms with Crippen LogP contribution >= 0.6 is 0 Å². The Labute approximate surface area is 363 Å². The molecular weight excluding hydrogens is 789 g/mol. The lowest BCUT2D eigenvalue weighted by Gasteiger charge is -2.10. The summed E-state index contributed by atoms with van der Waals surface area (Å²) in [6.45, 7) is 3.49. The van der Waals surface area contributed by atoms with Crippen molar-refractivity contribution in [3.05, 3.63) is 210 Å². The lowest BCUT2D eigenvalue weighted by atomic mass is 10.00. The lowest BCUT2D eigenvalue weighted by molar-refractivity contribution is 0.350. The van der Waals surface area contributed by atoms with Gasteiger partial charge >= 0.3 is 0 Å². The first kappa shape index (κ1) is 42.5. The van der Waals surface area contributed by atoms with Crippen molar-refractivity contribution >= 4 is 56.3 Å². The number of aliphatic hydroxyl groups is 2. The van der Waals surface area contributed by atoms with Crippen LogP contribution in [0.4, 0.5) is 0 Å². The van der Waals surface area contributed by atoms with Crippen LogP contribution in [0.2, 0.25) is 0 Å². The number of hydrogen-bond donors (Lipinski definition) is 7. The van der Waals surface area contributed by atoms with Gasteiger partial charge in [-0.3, -0.25) is 4.99 Å². The van der Waals surface area contributed by atoms with Crippen LogP contribution in [0.5, 0.6) is 23.0 Å². The Morgan fingerprint density at radius 3 is 1.95 bits per heavy atom. The van der Waals surface area contributed by atoms with Crippen molar-refractivity contribution in [1.82, 2.24) is 9.13 Å². The van der Waals surface area contributed by atoms with Crippen LogP contribution in [0.3, 0.4) is 0 Å². The van der Waals surface area contributed by atoms with Gasteiger partial charge in [0.1, 0.15) is 11.8 Å². The van der Waals surface area contributed by atoms with Crippen LogP contribution in [-0.2, 0) is 0 Å². The number of aromatic hydroxyl groups is 4. The lowest BCUT2D eigenvalue weighted by Crippen LogP contribution is -2.28. The zero-order valence-electron chi connectivity index (χ0n) is 34.6. The zero-order chi connectivity index (χ0) is 44.5. The van der Waals surface area contributed by atoms with Crippen LogP contribution in [-0.4, -0.2) is 45.5 Å². The first-order valence-corrected chi connectivity index (χ1v) is 20.1. The number of rotatable bonds is 12. The van der Waals surface area contributed by atoms with Crippen LogP contribution in [0.25, 0.3) is 62.0 Å². The van der Waals surface area contributed by atoms with E-state index in [1.807, 2.05) is 140 Å². The number of hydrogen-bond acceptors (Lipinski definition) is 8. The molecule has 2 heterocycles. The molecular formula is C53H46N4O6. The van der Waals surface area contributed by atoms with E-state index in [0.29, 0.717) is 16.8 Å². The molecule has 314 valence electrons.